The molecule has 0 aliphatic carbocycles. The summed E-state index contributed by atoms with van der Waals surface area (Å²) < 4.78 is 10.8. The van der Waals surface area contributed by atoms with Gasteiger partial charge in [-0.05, 0) is 18.6 Å². The van der Waals surface area contributed by atoms with Crippen LogP contribution in [0.4, 0.5) is 0 Å². The highest BCUT2D eigenvalue weighted by Crippen LogP contribution is 2.19. The molecule has 0 aromatic carbocycles. The standard InChI is InChI=1S/C18H20N2O4/c1-13-9-16(11-18(22)23-13)24-15-4-7-20(8-5-15)17(21)10-14-3-2-6-19-12-14/h2-3,6,9,11-12,15H,4-5,7-8,10H2,1H3. The first-order valence-electron chi connectivity index (χ1n) is 8.05. The van der Waals surface area contributed by atoms with Crippen molar-refractivity contribution in [3.63, 3.8) is 0 Å². The Morgan fingerprint density at radius 2 is 2.17 bits per heavy atom. The van der Waals surface area contributed by atoms with Crippen LogP contribution < -0.4 is 10.4 Å². The lowest BCUT2D eigenvalue weighted by molar-refractivity contribution is -0.132. The normalized spacial score (nSPS) is 15.3. The summed E-state index contributed by atoms with van der Waals surface area (Å²) in [5.41, 5.74) is 0.515. The van der Waals surface area contributed by atoms with Gasteiger partial charge < -0.3 is 14.1 Å². The molecule has 0 bridgehead atoms. The molecule has 1 aliphatic rings. The van der Waals surface area contributed by atoms with Crippen LogP contribution in [0.2, 0.25) is 0 Å². The summed E-state index contributed by atoms with van der Waals surface area (Å²) in [6, 6.07) is 6.80. The second-order valence-electron chi connectivity index (χ2n) is 5.96. The Labute approximate surface area is 140 Å². The van der Waals surface area contributed by atoms with Crippen molar-refractivity contribution in [1.82, 2.24) is 9.88 Å². The van der Waals surface area contributed by atoms with Crippen LogP contribution in [0.3, 0.4) is 0 Å². The number of piperidine rings is 1. The summed E-state index contributed by atoms with van der Waals surface area (Å²) in [7, 11) is 0. The third kappa shape index (κ3) is 4.22. The van der Waals surface area contributed by atoms with Crippen molar-refractivity contribution in [2.24, 2.45) is 0 Å². The molecule has 1 amide bonds. The van der Waals surface area contributed by atoms with Gasteiger partial charge in [-0.25, -0.2) is 4.79 Å². The fourth-order valence-electron chi connectivity index (χ4n) is 2.85. The summed E-state index contributed by atoms with van der Waals surface area (Å²) in [5, 5.41) is 0. The molecule has 0 radical (unpaired) electrons. The Morgan fingerprint density at radius 3 is 2.83 bits per heavy atom. The van der Waals surface area contributed by atoms with Gasteiger partial charge in [-0.1, -0.05) is 6.07 Å². The van der Waals surface area contributed by atoms with Gasteiger partial charge in [0.1, 0.15) is 17.6 Å². The average molecular weight is 328 g/mol. The Kier molecular flexibility index (Phi) is 4.93. The quantitative estimate of drug-likeness (QED) is 0.858. The number of rotatable bonds is 4. The van der Waals surface area contributed by atoms with Crippen LogP contribution in [-0.4, -0.2) is 35.0 Å². The molecule has 24 heavy (non-hydrogen) atoms. The molecular weight excluding hydrogens is 308 g/mol. The van der Waals surface area contributed by atoms with Gasteiger partial charge in [0.2, 0.25) is 5.91 Å². The summed E-state index contributed by atoms with van der Waals surface area (Å²) >= 11 is 0. The van der Waals surface area contributed by atoms with Gasteiger partial charge >= 0.3 is 5.63 Å². The van der Waals surface area contributed by atoms with E-state index in [1.807, 2.05) is 17.0 Å². The molecule has 0 unspecified atom stereocenters. The Bertz CT molecular complexity index is 749. The molecule has 0 spiro atoms. The van der Waals surface area contributed by atoms with E-state index in [2.05, 4.69) is 4.98 Å². The molecule has 6 heteroatoms. The maximum absolute atomic E-state index is 12.3. The summed E-state index contributed by atoms with van der Waals surface area (Å²) in [5.74, 6) is 1.17. The average Bonchev–Trinajstić information content (AvgIpc) is 2.55. The third-order valence-corrected chi connectivity index (χ3v) is 4.04. The largest absolute Gasteiger partial charge is 0.490 e. The molecule has 1 saturated heterocycles. The number of hydrogen-bond donors (Lipinski definition) is 0. The first kappa shape index (κ1) is 16.2. The van der Waals surface area contributed by atoms with Gasteiger partial charge in [-0.2, -0.15) is 0 Å². The third-order valence-electron chi connectivity index (χ3n) is 4.04. The van der Waals surface area contributed by atoms with Gasteiger partial charge in [-0.15, -0.1) is 0 Å². The van der Waals surface area contributed by atoms with Crippen LogP contribution in [0.5, 0.6) is 5.75 Å². The van der Waals surface area contributed by atoms with Crippen molar-refractivity contribution in [3.05, 3.63) is 58.4 Å². The Hall–Kier alpha value is -2.63. The van der Waals surface area contributed by atoms with E-state index in [9.17, 15) is 9.59 Å². The monoisotopic (exact) mass is 328 g/mol. The highest BCUT2D eigenvalue weighted by Gasteiger charge is 2.24. The molecule has 2 aromatic heterocycles. The van der Waals surface area contributed by atoms with Crippen molar-refractivity contribution < 1.29 is 13.9 Å². The van der Waals surface area contributed by atoms with Gasteiger partial charge in [0.05, 0.1) is 12.5 Å². The van der Waals surface area contributed by atoms with Gasteiger partial charge in [0.15, 0.2) is 0 Å². The zero-order valence-corrected chi connectivity index (χ0v) is 13.6. The van der Waals surface area contributed by atoms with Crippen molar-refractivity contribution in [1.29, 1.82) is 0 Å². The van der Waals surface area contributed by atoms with E-state index in [4.69, 9.17) is 9.15 Å². The van der Waals surface area contributed by atoms with Crippen molar-refractivity contribution in [3.8, 4) is 5.75 Å². The fraction of sp³-hybridized carbons (Fsp3) is 0.389. The maximum Gasteiger partial charge on any atom is 0.339 e. The number of amides is 1. The molecule has 0 saturated carbocycles. The van der Waals surface area contributed by atoms with E-state index >= 15 is 0 Å². The first-order valence-corrected chi connectivity index (χ1v) is 8.05. The van der Waals surface area contributed by atoms with Crippen LogP contribution >= 0.6 is 0 Å². The van der Waals surface area contributed by atoms with Crippen LogP contribution in [0.1, 0.15) is 24.2 Å². The summed E-state index contributed by atoms with van der Waals surface area (Å²) in [4.78, 5) is 29.6. The molecule has 126 valence electrons. The lowest BCUT2D eigenvalue weighted by atomic mass is 10.1. The minimum absolute atomic E-state index is 0.00800. The van der Waals surface area contributed by atoms with E-state index < -0.39 is 5.63 Å². The smallest absolute Gasteiger partial charge is 0.339 e. The van der Waals surface area contributed by atoms with Crippen molar-refractivity contribution in [2.45, 2.75) is 32.3 Å². The van der Waals surface area contributed by atoms with E-state index in [1.165, 1.54) is 6.07 Å². The molecule has 1 fully saturated rings. The minimum atomic E-state index is -0.408. The topological polar surface area (TPSA) is 72.6 Å². The number of likely N-dealkylation sites (tertiary alicyclic amines) is 1. The van der Waals surface area contributed by atoms with E-state index in [-0.39, 0.29) is 12.0 Å². The first-order chi connectivity index (χ1) is 11.6. The SMILES string of the molecule is Cc1cc(OC2CCN(C(=O)Cc3cccnc3)CC2)cc(=O)o1. The molecule has 0 atom stereocenters. The Balaban J connectivity index is 1.52. The van der Waals surface area contributed by atoms with Gasteiger partial charge in [-0.3, -0.25) is 9.78 Å². The highest BCUT2D eigenvalue weighted by molar-refractivity contribution is 5.78. The number of aryl methyl sites for hydroxylation is 1. The number of pyridine rings is 1. The van der Waals surface area contributed by atoms with Crippen LogP contribution in [0.15, 0.2) is 45.9 Å². The van der Waals surface area contributed by atoms with Crippen molar-refractivity contribution >= 4 is 5.91 Å². The number of nitrogens with zero attached hydrogens (tertiary/aromatic N) is 2. The molecule has 3 rings (SSSR count). The van der Waals surface area contributed by atoms with Gasteiger partial charge in [0, 0.05) is 44.4 Å². The summed E-state index contributed by atoms with van der Waals surface area (Å²) in [6.07, 6.45) is 5.29. The zero-order chi connectivity index (χ0) is 16.9. The predicted octanol–water partition coefficient (Wildman–Crippen LogP) is 1.96. The molecule has 3 heterocycles. The van der Waals surface area contributed by atoms with Crippen molar-refractivity contribution in [2.75, 3.05) is 13.1 Å². The summed E-state index contributed by atoms with van der Waals surface area (Å²) in [6.45, 7) is 3.03. The molecule has 2 aromatic rings. The minimum Gasteiger partial charge on any atom is -0.490 e. The zero-order valence-electron chi connectivity index (χ0n) is 13.6. The van der Waals surface area contributed by atoms with E-state index in [1.54, 1.807) is 25.4 Å². The second-order valence-corrected chi connectivity index (χ2v) is 5.96. The number of carbonyl (C=O) groups excluding carboxylic acids is 1. The number of aromatic nitrogens is 1. The highest BCUT2D eigenvalue weighted by atomic mass is 16.5. The van der Waals surface area contributed by atoms with Crippen LogP contribution in [0.25, 0.3) is 0 Å². The molecular formula is C18H20N2O4. The van der Waals surface area contributed by atoms with E-state index in [0.717, 1.165) is 18.4 Å². The lowest BCUT2D eigenvalue weighted by Crippen LogP contribution is -2.42. The number of carbonyl (C=O) groups is 1. The maximum atomic E-state index is 12.3. The van der Waals surface area contributed by atoms with Gasteiger partial charge in [0.25, 0.3) is 0 Å². The predicted molar refractivity (Wildman–Crippen MR) is 87.9 cm³/mol. The molecule has 6 nitrogen and oxygen atoms in total. The van der Waals surface area contributed by atoms with Crippen LogP contribution in [0, 0.1) is 6.92 Å². The molecule has 0 N–H and O–H groups in total. The fourth-order valence-corrected chi connectivity index (χ4v) is 2.85. The number of hydrogen-bond acceptors (Lipinski definition) is 5. The van der Waals surface area contributed by atoms with E-state index in [0.29, 0.717) is 31.0 Å². The Morgan fingerprint density at radius 1 is 1.38 bits per heavy atom. The van der Waals surface area contributed by atoms with Crippen LogP contribution in [-0.2, 0) is 11.2 Å². The lowest BCUT2D eigenvalue weighted by Gasteiger charge is -2.32. The molecule has 1 aliphatic heterocycles. The number of ether oxygens (including phenoxy) is 1. The second kappa shape index (κ2) is 7.29.